The summed E-state index contributed by atoms with van der Waals surface area (Å²) in [6.07, 6.45) is 1.43. The fraction of sp³-hybridized carbons (Fsp3) is 0.250. The minimum Gasteiger partial charge on any atom is -0.327 e. The van der Waals surface area contributed by atoms with Gasteiger partial charge in [-0.3, -0.25) is 0 Å². The highest BCUT2D eigenvalue weighted by atomic mass is 35.5. The molecule has 1 nitrogen and oxygen atoms in total. The van der Waals surface area contributed by atoms with Crippen LogP contribution in [-0.2, 0) is 12.8 Å². The number of halogens is 2. The molecular weight excluding hydrogens is 261 g/mol. The standard InChI is InChI=1S/C16H17ClFN/c1-11-3-2-4-12(7-11)8-15(19)9-13-5-6-14(18)10-16(13)17/h2-7,10,15H,8-9,19H2,1H3. The predicted octanol–water partition coefficient (Wildman–Crippen LogP) is 3.90. The molecule has 0 fully saturated rings. The fourth-order valence-corrected chi connectivity index (χ4v) is 2.43. The van der Waals surface area contributed by atoms with Gasteiger partial charge in [0.1, 0.15) is 5.82 Å². The van der Waals surface area contributed by atoms with Gasteiger partial charge in [-0.1, -0.05) is 47.5 Å². The van der Waals surface area contributed by atoms with Crippen molar-refractivity contribution in [1.29, 1.82) is 0 Å². The highest BCUT2D eigenvalue weighted by molar-refractivity contribution is 6.31. The van der Waals surface area contributed by atoms with Crippen LogP contribution in [0.4, 0.5) is 4.39 Å². The highest BCUT2D eigenvalue weighted by Crippen LogP contribution is 2.19. The maximum atomic E-state index is 13.0. The number of nitrogens with two attached hydrogens (primary N) is 1. The molecule has 0 heterocycles. The third kappa shape index (κ3) is 4.05. The van der Waals surface area contributed by atoms with Crippen LogP contribution in [-0.4, -0.2) is 6.04 Å². The number of benzene rings is 2. The van der Waals surface area contributed by atoms with Crippen molar-refractivity contribution in [3.63, 3.8) is 0 Å². The fourth-order valence-electron chi connectivity index (χ4n) is 2.18. The second-order valence-electron chi connectivity index (χ2n) is 4.89. The topological polar surface area (TPSA) is 26.0 Å². The summed E-state index contributed by atoms with van der Waals surface area (Å²) in [5.41, 5.74) is 9.47. The van der Waals surface area contributed by atoms with Crippen molar-refractivity contribution < 1.29 is 4.39 Å². The second kappa shape index (κ2) is 6.18. The molecule has 2 aromatic carbocycles. The van der Waals surface area contributed by atoms with Gasteiger partial charge in [-0.2, -0.15) is 0 Å². The highest BCUT2D eigenvalue weighted by Gasteiger charge is 2.09. The Hall–Kier alpha value is -1.38. The molecule has 19 heavy (non-hydrogen) atoms. The lowest BCUT2D eigenvalue weighted by atomic mass is 9.99. The van der Waals surface area contributed by atoms with Crippen LogP contribution < -0.4 is 5.73 Å². The van der Waals surface area contributed by atoms with E-state index in [1.807, 2.05) is 6.07 Å². The Bertz CT molecular complexity index is 568. The van der Waals surface area contributed by atoms with Crippen LogP contribution in [0.5, 0.6) is 0 Å². The third-order valence-corrected chi connectivity index (χ3v) is 3.43. The monoisotopic (exact) mass is 277 g/mol. The molecule has 1 atom stereocenters. The Morgan fingerprint density at radius 1 is 1.16 bits per heavy atom. The van der Waals surface area contributed by atoms with E-state index in [0.717, 1.165) is 12.0 Å². The van der Waals surface area contributed by atoms with Crippen LogP contribution in [0.3, 0.4) is 0 Å². The molecule has 0 radical (unpaired) electrons. The van der Waals surface area contributed by atoms with Crippen LogP contribution in [0.15, 0.2) is 42.5 Å². The summed E-state index contributed by atoms with van der Waals surface area (Å²) in [5.74, 6) is -0.319. The van der Waals surface area contributed by atoms with Gasteiger partial charge in [-0.05, 0) is 43.0 Å². The largest absolute Gasteiger partial charge is 0.327 e. The van der Waals surface area contributed by atoms with E-state index in [9.17, 15) is 4.39 Å². The zero-order chi connectivity index (χ0) is 13.8. The number of hydrogen-bond donors (Lipinski definition) is 1. The molecule has 2 aromatic rings. The molecule has 2 rings (SSSR count). The van der Waals surface area contributed by atoms with Crippen LogP contribution in [0, 0.1) is 12.7 Å². The van der Waals surface area contributed by atoms with E-state index in [2.05, 4.69) is 25.1 Å². The average Bonchev–Trinajstić information content (AvgIpc) is 2.33. The molecule has 2 N–H and O–H groups in total. The van der Waals surface area contributed by atoms with E-state index in [-0.39, 0.29) is 11.9 Å². The van der Waals surface area contributed by atoms with Gasteiger partial charge >= 0.3 is 0 Å². The van der Waals surface area contributed by atoms with E-state index in [4.69, 9.17) is 17.3 Å². The lowest BCUT2D eigenvalue weighted by molar-refractivity contribution is 0.623. The summed E-state index contributed by atoms with van der Waals surface area (Å²) in [7, 11) is 0. The first-order valence-corrected chi connectivity index (χ1v) is 6.67. The van der Waals surface area contributed by atoms with E-state index < -0.39 is 0 Å². The molecule has 0 amide bonds. The number of rotatable bonds is 4. The van der Waals surface area contributed by atoms with Gasteiger partial charge in [-0.15, -0.1) is 0 Å². The SMILES string of the molecule is Cc1cccc(CC(N)Cc2ccc(F)cc2Cl)c1. The van der Waals surface area contributed by atoms with Crippen molar-refractivity contribution in [3.8, 4) is 0 Å². The van der Waals surface area contributed by atoms with Gasteiger partial charge in [0.15, 0.2) is 0 Å². The van der Waals surface area contributed by atoms with Gasteiger partial charge in [0, 0.05) is 11.1 Å². The Morgan fingerprint density at radius 2 is 1.95 bits per heavy atom. The molecule has 100 valence electrons. The zero-order valence-electron chi connectivity index (χ0n) is 10.9. The van der Waals surface area contributed by atoms with Crippen molar-refractivity contribution in [3.05, 3.63) is 70.0 Å². The van der Waals surface area contributed by atoms with Crippen molar-refractivity contribution in [2.45, 2.75) is 25.8 Å². The van der Waals surface area contributed by atoms with E-state index in [1.165, 1.54) is 23.3 Å². The van der Waals surface area contributed by atoms with Gasteiger partial charge in [0.2, 0.25) is 0 Å². The molecule has 0 bridgehead atoms. The summed E-state index contributed by atoms with van der Waals surface area (Å²) < 4.78 is 13.0. The van der Waals surface area contributed by atoms with Gasteiger partial charge < -0.3 is 5.73 Å². The summed E-state index contributed by atoms with van der Waals surface area (Å²) in [4.78, 5) is 0. The lowest BCUT2D eigenvalue weighted by Crippen LogP contribution is -2.25. The van der Waals surface area contributed by atoms with Crippen molar-refractivity contribution in [1.82, 2.24) is 0 Å². The van der Waals surface area contributed by atoms with Crippen molar-refractivity contribution >= 4 is 11.6 Å². The Morgan fingerprint density at radius 3 is 2.63 bits per heavy atom. The van der Waals surface area contributed by atoms with Crippen LogP contribution >= 0.6 is 11.6 Å². The first-order chi connectivity index (χ1) is 9.04. The van der Waals surface area contributed by atoms with Gasteiger partial charge in [0.05, 0.1) is 0 Å². The molecule has 0 aliphatic carbocycles. The van der Waals surface area contributed by atoms with Crippen LogP contribution in [0.1, 0.15) is 16.7 Å². The van der Waals surface area contributed by atoms with Crippen molar-refractivity contribution in [2.75, 3.05) is 0 Å². The smallest absolute Gasteiger partial charge is 0.124 e. The maximum absolute atomic E-state index is 13.0. The Kier molecular flexibility index (Phi) is 4.56. The first-order valence-electron chi connectivity index (χ1n) is 6.29. The molecular formula is C16H17ClFN. The lowest BCUT2D eigenvalue weighted by Gasteiger charge is -2.13. The molecule has 0 aliphatic heterocycles. The average molecular weight is 278 g/mol. The molecule has 0 saturated heterocycles. The Balaban J connectivity index is 2.03. The number of hydrogen-bond acceptors (Lipinski definition) is 1. The van der Waals surface area contributed by atoms with E-state index in [1.54, 1.807) is 6.07 Å². The minimum atomic E-state index is -0.319. The molecule has 0 aliphatic rings. The van der Waals surface area contributed by atoms with E-state index >= 15 is 0 Å². The molecule has 0 aromatic heterocycles. The Labute approximate surface area is 118 Å². The van der Waals surface area contributed by atoms with Crippen LogP contribution in [0.25, 0.3) is 0 Å². The predicted molar refractivity (Wildman–Crippen MR) is 78.0 cm³/mol. The zero-order valence-corrected chi connectivity index (χ0v) is 11.6. The summed E-state index contributed by atoms with van der Waals surface area (Å²) >= 11 is 6.01. The summed E-state index contributed by atoms with van der Waals surface area (Å²) in [6.45, 7) is 2.06. The van der Waals surface area contributed by atoms with Gasteiger partial charge in [0.25, 0.3) is 0 Å². The molecule has 0 saturated carbocycles. The van der Waals surface area contributed by atoms with Crippen molar-refractivity contribution in [2.24, 2.45) is 5.73 Å². The summed E-state index contributed by atoms with van der Waals surface area (Å²) in [5, 5.41) is 0.444. The second-order valence-corrected chi connectivity index (χ2v) is 5.30. The molecule has 0 spiro atoms. The first kappa shape index (κ1) is 14.0. The quantitative estimate of drug-likeness (QED) is 0.901. The minimum absolute atomic E-state index is 0.0234. The van der Waals surface area contributed by atoms with E-state index in [0.29, 0.717) is 11.4 Å². The third-order valence-electron chi connectivity index (χ3n) is 3.08. The normalized spacial score (nSPS) is 12.4. The van der Waals surface area contributed by atoms with Gasteiger partial charge in [-0.25, -0.2) is 4.39 Å². The number of aryl methyl sites for hydroxylation is 1. The maximum Gasteiger partial charge on any atom is 0.124 e. The molecule has 3 heteroatoms. The summed E-state index contributed by atoms with van der Waals surface area (Å²) in [6, 6.07) is 12.7. The van der Waals surface area contributed by atoms with Crippen LogP contribution in [0.2, 0.25) is 5.02 Å². The molecule has 1 unspecified atom stereocenters.